The van der Waals surface area contributed by atoms with Gasteiger partial charge >= 0.3 is 5.97 Å². The molecular weight excluding hydrogens is 228 g/mol. The third-order valence-electron chi connectivity index (χ3n) is 2.34. The van der Waals surface area contributed by atoms with Crippen LogP contribution in [0.5, 0.6) is 0 Å². The van der Waals surface area contributed by atoms with Gasteiger partial charge in [0.15, 0.2) is 9.84 Å². The molecule has 88 valence electrons. The smallest absolute Gasteiger partial charge is 0.304 e. The molecule has 0 heterocycles. The summed E-state index contributed by atoms with van der Waals surface area (Å²) in [5.74, 6) is -1.11. The number of hydrogen-bond acceptors (Lipinski definition) is 3. The molecule has 0 amide bonds. The van der Waals surface area contributed by atoms with Gasteiger partial charge in [0, 0.05) is 0 Å². The Bertz CT molecular complexity index is 473. The molecule has 1 rings (SSSR count). The third kappa shape index (κ3) is 2.82. The maximum atomic E-state index is 11.9. The van der Waals surface area contributed by atoms with Crippen molar-refractivity contribution in [3.63, 3.8) is 0 Å². The van der Waals surface area contributed by atoms with Crippen LogP contribution in [0.15, 0.2) is 29.2 Å². The van der Waals surface area contributed by atoms with Gasteiger partial charge in [-0.3, -0.25) is 4.79 Å². The molecule has 0 aromatic heterocycles. The van der Waals surface area contributed by atoms with Crippen molar-refractivity contribution in [2.75, 3.05) is 0 Å². The van der Waals surface area contributed by atoms with Gasteiger partial charge in [-0.25, -0.2) is 8.42 Å². The van der Waals surface area contributed by atoms with Crippen LogP contribution in [0, 0.1) is 6.92 Å². The van der Waals surface area contributed by atoms with Gasteiger partial charge in [-0.05, 0) is 26.0 Å². The Labute approximate surface area is 94.8 Å². The second-order valence-corrected chi connectivity index (χ2v) is 6.13. The zero-order valence-electron chi connectivity index (χ0n) is 9.17. The number of rotatable bonds is 4. The van der Waals surface area contributed by atoms with E-state index in [2.05, 4.69) is 0 Å². The summed E-state index contributed by atoms with van der Waals surface area (Å²) in [6.07, 6.45) is -0.379. The van der Waals surface area contributed by atoms with Crippen molar-refractivity contribution in [3.05, 3.63) is 29.8 Å². The lowest BCUT2D eigenvalue weighted by Crippen LogP contribution is -2.21. The minimum absolute atomic E-state index is 0.173. The van der Waals surface area contributed by atoms with E-state index >= 15 is 0 Å². The first kappa shape index (κ1) is 12.7. The molecule has 0 aliphatic rings. The summed E-state index contributed by atoms with van der Waals surface area (Å²) in [5, 5.41) is 7.66. The van der Waals surface area contributed by atoms with E-state index in [0.717, 1.165) is 5.56 Å². The quantitative estimate of drug-likeness (QED) is 0.871. The predicted octanol–water partition coefficient (Wildman–Crippen LogP) is 1.63. The molecule has 1 N–H and O–H groups in total. The van der Waals surface area contributed by atoms with Crippen LogP contribution in [0.1, 0.15) is 18.9 Å². The Hall–Kier alpha value is -1.36. The lowest BCUT2D eigenvalue weighted by molar-refractivity contribution is -0.136. The summed E-state index contributed by atoms with van der Waals surface area (Å²) in [7, 11) is -3.53. The molecule has 5 heteroatoms. The van der Waals surface area contributed by atoms with Crippen LogP contribution in [0.3, 0.4) is 0 Å². The van der Waals surface area contributed by atoms with Crippen LogP contribution in [-0.4, -0.2) is 24.7 Å². The van der Waals surface area contributed by atoms with Crippen LogP contribution in [0.2, 0.25) is 0 Å². The molecule has 0 aliphatic heterocycles. The highest BCUT2D eigenvalue weighted by molar-refractivity contribution is 7.92. The van der Waals surface area contributed by atoms with Crippen molar-refractivity contribution >= 4 is 15.8 Å². The van der Waals surface area contributed by atoms with Crippen molar-refractivity contribution < 1.29 is 18.3 Å². The van der Waals surface area contributed by atoms with Crippen molar-refractivity contribution in [3.8, 4) is 0 Å². The number of carbonyl (C=O) groups is 1. The molecule has 0 saturated heterocycles. The van der Waals surface area contributed by atoms with Crippen molar-refractivity contribution in [1.82, 2.24) is 0 Å². The first-order valence-corrected chi connectivity index (χ1v) is 6.41. The number of aryl methyl sites for hydroxylation is 1. The summed E-state index contributed by atoms with van der Waals surface area (Å²) < 4.78 is 23.8. The lowest BCUT2D eigenvalue weighted by Gasteiger charge is -2.10. The standard InChI is InChI=1S/C11H14O4S/c1-8-3-5-10(6-4-8)16(14,15)9(2)7-11(12)13/h3-6,9H,7H2,1-2H3,(H,12,13). The first-order chi connectivity index (χ1) is 7.34. The molecule has 4 nitrogen and oxygen atoms in total. The van der Waals surface area contributed by atoms with E-state index in [1.807, 2.05) is 6.92 Å². The van der Waals surface area contributed by atoms with Gasteiger partial charge in [-0.1, -0.05) is 17.7 Å². The molecule has 1 aromatic carbocycles. The Morgan fingerprint density at radius 3 is 2.25 bits per heavy atom. The van der Waals surface area contributed by atoms with Crippen molar-refractivity contribution in [1.29, 1.82) is 0 Å². The molecule has 16 heavy (non-hydrogen) atoms. The summed E-state index contributed by atoms with van der Waals surface area (Å²) >= 11 is 0. The number of hydrogen-bond donors (Lipinski definition) is 1. The molecule has 0 bridgehead atoms. The molecular formula is C11H14O4S. The van der Waals surface area contributed by atoms with E-state index in [-0.39, 0.29) is 11.3 Å². The van der Waals surface area contributed by atoms with Gasteiger partial charge in [-0.2, -0.15) is 0 Å². The van der Waals surface area contributed by atoms with E-state index in [9.17, 15) is 13.2 Å². The second kappa shape index (κ2) is 4.65. The maximum Gasteiger partial charge on any atom is 0.304 e. The van der Waals surface area contributed by atoms with Gasteiger partial charge in [-0.15, -0.1) is 0 Å². The predicted molar refractivity (Wildman–Crippen MR) is 60.1 cm³/mol. The van der Waals surface area contributed by atoms with Gasteiger partial charge in [0.25, 0.3) is 0 Å². The van der Waals surface area contributed by atoms with E-state index < -0.39 is 21.1 Å². The largest absolute Gasteiger partial charge is 0.481 e. The molecule has 1 atom stereocenters. The Morgan fingerprint density at radius 2 is 1.81 bits per heavy atom. The Kier molecular flexibility index (Phi) is 3.70. The zero-order valence-corrected chi connectivity index (χ0v) is 9.99. The fourth-order valence-corrected chi connectivity index (χ4v) is 2.66. The molecule has 1 unspecified atom stereocenters. The Balaban J connectivity index is 3.02. The summed E-state index contributed by atoms with van der Waals surface area (Å²) in [6.45, 7) is 3.26. The van der Waals surface area contributed by atoms with Crippen molar-refractivity contribution in [2.45, 2.75) is 30.4 Å². The average molecular weight is 242 g/mol. The van der Waals surface area contributed by atoms with Crippen molar-refractivity contribution in [2.24, 2.45) is 0 Å². The highest BCUT2D eigenvalue weighted by Gasteiger charge is 2.25. The minimum atomic E-state index is -3.53. The maximum absolute atomic E-state index is 11.9. The van der Waals surface area contributed by atoms with Gasteiger partial charge in [0.05, 0.1) is 16.6 Å². The van der Waals surface area contributed by atoms with Crippen LogP contribution >= 0.6 is 0 Å². The topological polar surface area (TPSA) is 71.4 Å². The van der Waals surface area contributed by atoms with E-state index in [1.54, 1.807) is 12.1 Å². The molecule has 1 aromatic rings. The molecule has 0 radical (unpaired) electrons. The van der Waals surface area contributed by atoms with Gasteiger partial charge < -0.3 is 5.11 Å². The highest BCUT2D eigenvalue weighted by Crippen LogP contribution is 2.18. The monoisotopic (exact) mass is 242 g/mol. The number of benzene rings is 1. The molecule has 0 aliphatic carbocycles. The van der Waals surface area contributed by atoms with E-state index in [0.29, 0.717) is 0 Å². The Morgan fingerprint density at radius 1 is 1.31 bits per heavy atom. The fourth-order valence-electron chi connectivity index (χ4n) is 1.32. The second-order valence-electron chi connectivity index (χ2n) is 3.77. The van der Waals surface area contributed by atoms with Crippen LogP contribution in [0.25, 0.3) is 0 Å². The normalized spacial score (nSPS) is 13.4. The zero-order chi connectivity index (χ0) is 12.3. The number of aliphatic carboxylic acids is 1. The summed E-state index contributed by atoms with van der Waals surface area (Å²) in [5.41, 5.74) is 0.963. The number of carboxylic acid groups (broad SMARTS) is 1. The third-order valence-corrected chi connectivity index (χ3v) is 4.50. The molecule has 0 fully saturated rings. The average Bonchev–Trinajstić information content (AvgIpc) is 2.17. The van der Waals surface area contributed by atoms with Crippen LogP contribution in [0.4, 0.5) is 0 Å². The van der Waals surface area contributed by atoms with Gasteiger partial charge in [0.2, 0.25) is 0 Å². The summed E-state index contributed by atoms with van der Waals surface area (Å²) in [4.78, 5) is 10.7. The van der Waals surface area contributed by atoms with Crippen LogP contribution in [-0.2, 0) is 14.6 Å². The highest BCUT2D eigenvalue weighted by atomic mass is 32.2. The lowest BCUT2D eigenvalue weighted by atomic mass is 10.2. The van der Waals surface area contributed by atoms with E-state index in [1.165, 1.54) is 19.1 Å². The van der Waals surface area contributed by atoms with E-state index in [4.69, 9.17) is 5.11 Å². The minimum Gasteiger partial charge on any atom is -0.481 e. The van der Waals surface area contributed by atoms with Crippen LogP contribution < -0.4 is 0 Å². The molecule has 0 saturated carbocycles. The first-order valence-electron chi connectivity index (χ1n) is 4.86. The number of sulfone groups is 1. The SMILES string of the molecule is Cc1ccc(S(=O)(=O)C(C)CC(=O)O)cc1. The van der Waals surface area contributed by atoms with Gasteiger partial charge in [0.1, 0.15) is 0 Å². The number of carboxylic acids is 1. The molecule has 0 spiro atoms. The summed E-state index contributed by atoms with van der Waals surface area (Å²) in [6, 6.07) is 6.40. The fraction of sp³-hybridized carbons (Fsp3) is 0.364.